The summed E-state index contributed by atoms with van der Waals surface area (Å²) in [6.45, 7) is 6.67. The molecule has 0 bridgehead atoms. The van der Waals surface area contributed by atoms with E-state index >= 15 is 0 Å². The number of hydrogen-bond donors (Lipinski definition) is 0. The van der Waals surface area contributed by atoms with Crippen LogP contribution in [0.25, 0.3) is 10.2 Å². The summed E-state index contributed by atoms with van der Waals surface area (Å²) < 4.78 is 17.5. The van der Waals surface area contributed by atoms with Crippen molar-refractivity contribution in [3.05, 3.63) is 47.0 Å². The number of thiazole rings is 1. The number of nitrogens with zero attached hydrogens (tertiary/aromatic N) is 3. The normalized spacial score (nSPS) is 14.4. The third-order valence-corrected chi connectivity index (χ3v) is 7.14. The lowest BCUT2D eigenvalue weighted by atomic mass is 10.2. The monoisotopic (exact) mass is 489 g/mol. The Labute approximate surface area is 202 Å². The Morgan fingerprint density at radius 2 is 1.97 bits per heavy atom. The van der Waals surface area contributed by atoms with Gasteiger partial charge in [-0.2, -0.15) is 0 Å². The Morgan fingerprint density at radius 1 is 1.21 bits per heavy atom. The maximum Gasteiger partial charge on any atom is 0.266 e. The van der Waals surface area contributed by atoms with E-state index in [1.807, 2.05) is 31.2 Å². The molecular formula is C24H28ClN3O4S. The number of benzene rings is 2. The number of fused-ring (bicyclic) bond motifs is 1. The molecule has 9 heteroatoms. The zero-order valence-corrected chi connectivity index (χ0v) is 20.5. The molecule has 2 aromatic carbocycles. The van der Waals surface area contributed by atoms with Crippen molar-refractivity contribution in [2.75, 3.05) is 58.0 Å². The van der Waals surface area contributed by atoms with E-state index in [4.69, 9.17) is 30.8 Å². The summed E-state index contributed by atoms with van der Waals surface area (Å²) in [6, 6.07) is 11.1. The number of para-hydroxylation sites is 2. The molecule has 0 atom stereocenters. The largest absolute Gasteiger partial charge is 0.493 e. The Bertz CT molecular complexity index is 1060. The van der Waals surface area contributed by atoms with Crippen LogP contribution in [0, 0.1) is 6.92 Å². The molecule has 0 unspecified atom stereocenters. The molecule has 0 saturated carbocycles. The van der Waals surface area contributed by atoms with E-state index in [1.54, 1.807) is 24.1 Å². The van der Waals surface area contributed by atoms with Gasteiger partial charge in [0, 0.05) is 26.2 Å². The number of aromatic nitrogens is 1. The summed E-state index contributed by atoms with van der Waals surface area (Å²) in [7, 11) is 1.58. The lowest BCUT2D eigenvalue weighted by molar-refractivity contribution is -0.120. The highest BCUT2D eigenvalue weighted by Crippen LogP contribution is 2.36. The summed E-state index contributed by atoms with van der Waals surface area (Å²) >= 11 is 7.85. The third kappa shape index (κ3) is 5.76. The van der Waals surface area contributed by atoms with Crippen LogP contribution in [0.2, 0.25) is 5.02 Å². The minimum Gasteiger partial charge on any atom is -0.493 e. The highest BCUT2D eigenvalue weighted by molar-refractivity contribution is 7.23. The van der Waals surface area contributed by atoms with E-state index in [-0.39, 0.29) is 12.5 Å². The second kappa shape index (κ2) is 11.2. The highest BCUT2D eigenvalue weighted by atomic mass is 35.5. The Hall–Kier alpha value is -2.39. The Balaban J connectivity index is 1.52. The van der Waals surface area contributed by atoms with Gasteiger partial charge in [0.2, 0.25) is 0 Å². The average molecular weight is 490 g/mol. The first-order valence-electron chi connectivity index (χ1n) is 11.0. The minimum absolute atomic E-state index is 0.111. The molecule has 7 nitrogen and oxygen atoms in total. The van der Waals surface area contributed by atoms with Crippen LogP contribution in [-0.2, 0) is 9.53 Å². The molecule has 1 aliphatic rings. The molecule has 0 aliphatic carbocycles. The summed E-state index contributed by atoms with van der Waals surface area (Å²) in [4.78, 5) is 22.2. The second-order valence-corrected chi connectivity index (χ2v) is 9.22. The first-order chi connectivity index (χ1) is 16.1. The first kappa shape index (κ1) is 23.8. The van der Waals surface area contributed by atoms with Gasteiger partial charge in [0.05, 0.1) is 35.6 Å². The van der Waals surface area contributed by atoms with Gasteiger partial charge in [-0.1, -0.05) is 41.1 Å². The van der Waals surface area contributed by atoms with Crippen molar-refractivity contribution < 1.29 is 19.0 Å². The summed E-state index contributed by atoms with van der Waals surface area (Å²) in [5, 5.41) is 1.28. The van der Waals surface area contributed by atoms with E-state index in [0.717, 1.165) is 55.0 Å². The number of rotatable bonds is 9. The van der Waals surface area contributed by atoms with Crippen molar-refractivity contribution in [3.63, 3.8) is 0 Å². The number of ether oxygens (including phenoxy) is 3. The van der Waals surface area contributed by atoms with Crippen LogP contribution in [-0.4, -0.2) is 68.9 Å². The predicted molar refractivity (Wildman–Crippen MR) is 132 cm³/mol. The van der Waals surface area contributed by atoms with Crippen LogP contribution in [0.3, 0.4) is 0 Å². The van der Waals surface area contributed by atoms with Gasteiger partial charge in [0.25, 0.3) is 5.91 Å². The number of aryl methyl sites for hydroxylation is 1. The maximum absolute atomic E-state index is 13.3. The molecule has 0 N–H and O–H groups in total. The number of anilines is 1. The quantitative estimate of drug-likeness (QED) is 0.444. The molecule has 1 amide bonds. The van der Waals surface area contributed by atoms with Crippen LogP contribution in [0.15, 0.2) is 36.4 Å². The van der Waals surface area contributed by atoms with Gasteiger partial charge in [-0.3, -0.25) is 14.6 Å². The van der Waals surface area contributed by atoms with Gasteiger partial charge in [-0.25, -0.2) is 4.98 Å². The fourth-order valence-corrected chi connectivity index (χ4v) is 5.13. The van der Waals surface area contributed by atoms with E-state index in [9.17, 15) is 4.79 Å². The van der Waals surface area contributed by atoms with Gasteiger partial charge < -0.3 is 14.2 Å². The summed E-state index contributed by atoms with van der Waals surface area (Å²) in [5.41, 5.74) is 1.86. The molecule has 3 aromatic rings. The van der Waals surface area contributed by atoms with E-state index < -0.39 is 0 Å². The van der Waals surface area contributed by atoms with Crippen molar-refractivity contribution >= 4 is 44.2 Å². The van der Waals surface area contributed by atoms with E-state index in [0.29, 0.717) is 28.2 Å². The van der Waals surface area contributed by atoms with Crippen molar-refractivity contribution in [1.29, 1.82) is 0 Å². The Kier molecular flexibility index (Phi) is 8.03. The minimum atomic E-state index is -0.157. The van der Waals surface area contributed by atoms with Crippen LogP contribution in [0.4, 0.5) is 5.13 Å². The molecule has 1 fully saturated rings. The van der Waals surface area contributed by atoms with Crippen LogP contribution >= 0.6 is 22.9 Å². The van der Waals surface area contributed by atoms with Crippen molar-refractivity contribution in [2.45, 2.75) is 13.3 Å². The van der Waals surface area contributed by atoms with Gasteiger partial charge in [-0.15, -0.1) is 0 Å². The smallest absolute Gasteiger partial charge is 0.266 e. The zero-order chi connectivity index (χ0) is 23.2. The van der Waals surface area contributed by atoms with Crippen LogP contribution in [0.1, 0.15) is 12.0 Å². The number of morpholine rings is 1. The van der Waals surface area contributed by atoms with Crippen molar-refractivity contribution in [3.8, 4) is 11.5 Å². The molecule has 1 aliphatic heterocycles. The molecule has 0 spiro atoms. The van der Waals surface area contributed by atoms with Gasteiger partial charge >= 0.3 is 0 Å². The molecule has 1 aromatic heterocycles. The summed E-state index contributed by atoms with van der Waals surface area (Å²) in [6.07, 6.45) is 0.822. The molecule has 2 heterocycles. The molecule has 176 valence electrons. The first-order valence-corrected chi connectivity index (χ1v) is 12.2. The summed E-state index contributed by atoms with van der Waals surface area (Å²) in [5.74, 6) is 0.965. The number of carbonyl (C=O) groups is 1. The SMILES string of the molecule is COc1ccccc1OCC(=O)N(CCCN1CCOCC1)c1nc2c(C)ccc(Cl)c2s1. The maximum atomic E-state index is 13.3. The number of hydrogen-bond acceptors (Lipinski definition) is 7. The predicted octanol–water partition coefficient (Wildman–Crippen LogP) is 4.40. The highest BCUT2D eigenvalue weighted by Gasteiger charge is 2.22. The van der Waals surface area contributed by atoms with Gasteiger partial charge in [0.15, 0.2) is 23.2 Å². The molecule has 1 saturated heterocycles. The van der Waals surface area contributed by atoms with Gasteiger partial charge in [-0.05, 0) is 37.1 Å². The van der Waals surface area contributed by atoms with Crippen molar-refractivity contribution in [2.24, 2.45) is 0 Å². The third-order valence-electron chi connectivity index (χ3n) is 5.60. The molecule has 33 heavy (non-hydrogen) atoms. The standard InChI is InChI=1S/C24H28ClN3O4S/c1-17-8-9-18(25)23-22(17)26-24(33-23)28(11-5-10-27-12-14-31-15-13-27)21(29)16-32-20-7-4-3-6-19(20)30-2/h3-4,6-9H,5,10-16H2,1-2H3. The molecular weight excluding hydrogens is 462 g/mol. The number of halogens is 1. The average Bonchev–Trinajstić information content (AvgIpc) is 3.30. The lowest BCUT2D eigenvalue weighted by Crippen LogP contribution is -2.40. The van der Waals surface area contributed by atoms with Crippen molar-refractivity contribution in [1.82, 2.24) is 9.88 Å². The fourth-order valence-electron chi connectivity index (χ4n) is 3.77. The van der Waals surface area contributed by atoms with Gasteiger partial charge in [0.1, 0.15) is 0 Å². The molecule has 0 radical (unpaired) electrons. The topological polar surface area (TPSA) is 64.1 Å². The van der Waals surface area contributed by atoms with E-state index in [2.05, 4.69) is 4.90 Å². The second-order valence-electron chi connectivity index (χ2n) is 7.83. The number of methoxy groups -OCH3 is 1. The lowest BCUT2D eigenvalue weighted by Gasteiger charge is -2.27. The number of amides is 1. The zero-order valence-electron chi connectivity index (χ0n) is 18.9. The Morgan fingerprint density at radius 3 is 2.70 bits per heavy atom. The number of carbonyl (C=O) groups excluding carboxylic acids is 1. The molecule has 4 rings (SSSR count). The van der Waals surface area contributed by atoms with Crippen LogP contribution < -0.4 is 14.4 Å². The fraction of sp³-hybridized carbons (Fsp3) is 0.417. The van der Waals surface area contributed by atoms with Crippen LogP contribution in [0.5, 0.6) is 11.5 Å². The van der Waals surface area contributed by atoms with E-state index in [1.165, 1.54) is 11.3 Å².